The highest BCUT2D eigenvalue weighted by molar-refractivity contribution is 6.42. The lowest BCUT2D eigenvalue weighted by atomic mass is 9.99. The van der Waals surface area contributed by atoms with Crippen LogP contribution in [-0.4, -0.2) is 24.9 Å². The molecule has 0 radical (unpaired) electrons. The van der Waals surface area contributed by atoms with Crippen molar-refractivity contribution in [1.29, 1.82) is 0 Å². The number of nitrogens with two attached hydrogens (primary N) is 1. The monoisotopic (exact) mass is 453 g/mol. The van der Waals surface area contributed by atoms with Crippen molar-refractivity contribution >= 4 is 40.5 Å². The molecule has 1 aliphatic heterocycles. The second-order valence-electron chi connectivity index (χ2n) is 7.32. The van der Waals surface area contributed by atoms with E-state index in [9.17, 15) is 4.79 Å². The molecule has 1 amide bonds. The number of rotatable bonds is 4. The normalized spacial score (nSPS) is 15.9. The molecule has 5 nitrogen and oxygen atoms in total. The molecule has 1 aliphatic rings. The lowest BCUT2D eigenvalue weighted by molar-refractivity contribution is -0.119. The number of halogens is 2. The van der Waals surface area contributed by atoms with E-state index in [0.717, 1.165) is 22.4 Å². The zero-order valence-electron chi connectivity index (χ0n) is 17.1. The zero-order chi connectivity index (χ0) is 22.1. The Hall–Kier alpha value is -2.86. The molecule has 3 aromatic rings. The predicted molar refractivity (Wildman–Crippen MR) is 125 cm³/mol. The maximum absolute atomic E-state index is 13.2. The lowest BCUT2D eigenvalue weighted by Crippen LogP contribution is -2.41. The average Bonchev–Trinajstić information content (AvgIpc) is 2.85. The van der Waals surface area contributed by atoms with Crippen LogP contribution < -0.4 is 15.4 Å². The van der Waals surface area contributed by atoms with Gasteiger partial charge in [0.1, 0.15) is 5.75 Å². The summed E-state index contributed by atoms with van der Waals surface area (Å²) in [6, 6.07) is 18.7. The minimum Gasteiger partial charge on any atom is -0.497 e. The fourth-order valence-electron chi connectivity index (χ4n) is 3.65. The van der Waals surface area contributed by atoms with Gasteiger partial charge in [0.25, 0.3) is 5.91 Å². The molecule has 0 spiro atoms. The number of ether oxygens (including phenoxy) is 1. The summed E-state index contributed by atoms with van der Waals surface area (Å²) in [4.78, 5) is 19.4. The Morgan fingerprint density at radius 2 is 1.71 bits per heavy atom. The van der Waals surface area contributed by atoms with Crippen LogP contribution in [0.3, 0.4) is 0 Å². The van der Waals surface area contributed by atoms with Gasteiger partial charge in [-0.3, -0.25) is 9.79 Å². The molecule has 0 bridgehead atoms. The third-order valence-electron chi connectivity index (χ3n) is 5.16. The SMILES string of the molecule is COc1ccc(CN2C(=O)C(N)N=C(c3c(Cl)cc(C)cc3Cl)c3ccccc32)cc1. The van der Waals surface area contributed by atoms with Crippen LogP contribution in [0.4, 0.5) is 5.69 Å². The molecule has 3 aromatic carbocycles. The minimum atomic E-state index is -1.09. The number of fused-ring (bicyclic) bond motifs is 1. The number of nitrogens with zero attached hydrogens (tertiary/aromatic N) is 2. The standard InChI is InChI=1S/C24H21Cl2N3O2/c1-14-11-18(25)21(19(26)12-14)22-17-5-3-4-6-20(17)29(24(30)23(27)28-22)13-15-7-9-16(31-2)10-8-15/h3-12,23H,13,27H2,1-2H3. The van der Waals surface area contributed by atoms with Crippen LogP contribution in [0.2, 0.25) is 10.0 Å². The predicted octanol–water partition coefficient (Wildman–Crippen LogP) is 4.98. The Morgan fingerprint density at radius 3 is 2.35 bits per heavy atom. The molecule has 0 saturated carbocycles. The first-order chi connectivity index (χ1) is 14.9. The molecule has 2 N–H and O–H groups in total. The van der Waals surface area contributed by atoms with Gasteiger partial charge in [-0.25, -0.2) is 0 Å². The fraction of sp³-hybridized carbons (Fsp3) is 0.167. The molecular weight excluding hydrogens is 433 g/mol. The van der Waals surface area contributed by atoms with E-state index in [2.05, 4.69) is 4.99 Å². The second-order valence-corrected chi connectivity index (χ2v) is 8.13. The summed E-state index contributed by atoms with van der Waals surface area (Å²) >= 11 is 13.1. The van der Waals surface area contributed by atoms with E-state index in [0.29, 0.717) is 33.6 Å². The van der Waals surface area contributed by atoms with Gasteiger partial charge in [0.15, 0.2) is 6.17 Å². The van der Waals surface area contributed by atoms with Crippen molar-refractivity contribution in [2.75, 3.05) is 12.0 Å². The van der Waals surface area contributed by atoms with Gasteiger partial charge in [-0.05, 0) is 48.4 Å². The topological polar surface area (TPSA) is 67.9 Å². The van der Waals surface area contributed by atoms with Crippen LogP contribution in [0.5, 0.6) is 5.75 Å². The third-order valence-corrected chi connectivity index (χ3v) is 5.76. The highest BCUT2D eigenvalue weighted by atomic mass is 35.5. The van der Waals surface area contributed by atoms with Gasteiger partial charge >= 0.3 is 0 Å². The van der Waals surface area contributed by atoms with Gasteiger partial charge in [0, 0.05) is 11.1 Å². The number of para-hydroxylation sites is 1. The smallest absolute Gasteiger partial charge is 0.266 e. The summed E-state index contributed by atoms with van der Waals surface area (Å²) in [5, 5.41) is 0.920. The van der Waals surface area contributed by atoms with Crippen LogP contribution in [-0.2, 0) is 11.3 Å². The Labute approximate surface area is 191 Å². The Bertz CT molecular complexity index is 1150. The maximum atomic E-state index is 13.2. The average molecular weight is 454 g/mol. The molecule has 4 rings (SSSR count). The minimum absolute atomic E-state index is 0.308. The molecule has 7 heteroatoms. The number of carbonyl (C=O) groups is 1. The van der Waals surface area contributed by atoms with Crippen LogP contribution in [0.15, 0.2) is 65.7 Å². The number of aryl methyl sites for hydroxylation is 1. The van der Waals surface area contributed by atoms with Crippen LogP contribution in [0.1, 0.15) is 22.3 Å². The van der Waals surface area contributed by atoms with E-state index in [1.807, 2.05) is 67.6 Å². The first kappa shape index (κ1) is 21.4. The van der Waals surface area contributed by atoms with E-state index in [1.54, 1.807) is 12.0 Å². The largest absolute Gasteiger partial charge is 0.497 e. The Morgan fingerprint density at radius 1 is 1.06 bits per heavy atom. The van der Waals surface area contributed by atoms with Crippen LogP contribution in [0.25, 0.3) is 0 Å². The third kappa shape index (κ3) is 4.17. The molecule has 31 heavy (non-hydrogen) atoms. The van der Waals surface area contributed by atoms with Crippen molar-refractivity contribution < 1.29 is 9.53 Å². The number of aliphatic imine (C=N–C) groups is 1. The van der Waals surface area contributed by atoms with Crippen LogP contribution in [0, 0.1) is 6.92 Å². The molecule has 1 heterocycles. The first-order valence-corrected chi connectivity index (χ1v) is 10.5. The van der Waals surface area contributed by atoms with E-state index < -0.39 is 6.17 Å². The molecule has 0 saturated heterocycles. The summed E-state index contributed by atoms with van der Waals surface area (Å²) in [6.07, 6.45) is -1.09. The Balaban J connectivity index is 1.84. The summed E-state index contributed by atoms with van der Waals surface area (Å²) < 4.78 is 5.22. The van der Waals surface area contributed by atoms with Crippen molar-refractivity contribution in [2.24, 2.45) is 10.7 Å². The number of benzene rings is 3. The number of hydrogen-bond donors (Lipinski definition) is 1. The van der Waals surface area contributed by atoms with Gasteiger partial charge < -0.3 is 15.4 Å². The van der Waals surface area contributed by atoms with E-state index in [4.69, 9.17) is 33.7 Å². The van der Waals surface area contributed by atoms with Gasteiger partial charge in [-0.15, -0.1) is 0 Å². The number of anilines is 1. The van der Waals surface area contributed by atoms with Gasteiger partial charge in [-0.1, -0.05) is 53.5 Å². The number of benzodiazepines with no additional fused rings is 1. The molecule has 0 aromatic heterocycles. The second kappa shape index (κ2) is 8.71. The maximum Gasteiger partial charge on any atom is 0.266 e. The Kier molecular flexibility index (Phi) is 6.01. The van der Waals surface area contributed by atoms with Crippen molar-refractivity contribution in [1.82, 2.24) is 0 Å². The summed E-state index contributed by atoms with van der Waals surface area (Å²) in [7, 11) is 1.61. The van der Waals surface area contributed by atoms with E-state index in [1.165, 1.54) is 0 Å². The van der Waals surface area contributed by atoms with Crippen LogP contribution >= 0.6 is 23.2 Å². The number of hydrogen-bond acceptors (Lipinski definition) is 4. The van der Waals surface area contributed by atoms with E-state index >= 15 is 0 Å². The lowest BCUT2D eigenvalue weighted by Gasteiger charge is -2.24. The number of amides is 1. The zero-order valence-corrected chi connectivity index (χ0v) is 18.6. The molecule has 0 fully saturated rings. The van der Waals surface area contributed by atoms with Crippen molar-refractivity contribution in [2.45, 2.75) is 19.6 Å². The fourth-order valence-corrected chi connectivity index (χ4v) is 4.43. The molecule has 1 atom stereocenters. The van der Waals surface area contributed by atoms with Gasteiger partial charge in [0.2, 0.25) is 0 Å². The van der Waals surface area contributed by atoms with Crippen molar-refractivity contribution in [3.63, 3.8) is 0 Å². The molecule has 158 valence electrons. The van der Waals surface area contributed by atoms with Crippen molar-refractivity contribution in [3.8, 4) is 5.75 Å². The number of carbonyl (C=O) groups excluding carboxylic acids is 1. The summed E-state index contributed by atoms with van der Waals surface area (Å²) in [6.45, 7) is 2.25. The molecule has 1 unspecified atom stereocenters. The summed E-state index contributed by atoms with van der Waals surface area (Å²) in [5.74, 6) is 0.440. The quantitative estimate of drug-likeness (QED) is 0.605. The van der Waals surface area contributed by atoms with E-state index in [-0.39, 0.29) is 5.91 Å². The first-order valence-electron chi connectivity index (χ1n) is 9.72. The molecular formula is C24H21Cl2N3O2. The van der Waals surface area contributed by atoms with Gasteiger partial charge in [0.05, 0.1) is 35.1 Å². The summed E-state index contributed by atoms with van der Waals surface area (Å²) in [5.41, 5.74) is 10.6. The highest BCUT2D eigenvalue weighted by Gasteiger charge is 2.31. The van der Waals surface area contributed by atoms with Gasteiger partial charge in [-0.2, -0.15) is 0 Å². The number of methoxy groups -OCH3 is 1. The molecule has 0 aliphatic carbocycles. The highest BCUT2D eigenvalue weighted by Crippen LogP contribution is 2.35. The van der Waals surface area contributed by atoms with Crippen molar-refractivity contribution in [3.05, 3.63) is 93.0 Å².